The van der Waals surface area contributed by atoms with Gasteiger partial charge in [0.05, 0.1) is 25.6 Å². The predicted octanol–water partition coefficient (Wildman–Crippen LogP) is 5.42. The third kappa shape index (κ3) is 11.2. The molecule has 0 spiro atoms. The number of hydrogen-bond donors (Lipinski definition) is 0. The van der Waals surface area contributed by atoms with Gasteiger partial charge in [0.15, 0.2) is 9.84 Å². The smallest absolute Gasteiger partial charge is 0.433 e. The van der Waals surface area contributed by atoms with Crippen molar-refractivity contribution in [2.45, 2.75) is 56.6 Å². The Kier molecular flexibility index (Phi) is 13.5. The summed E-state index contributed by atoms with van der Waals surface area (Å²) in [6.45, 7) is 2.47. The van der Waals surface area contributed by atoms with E-state index >= 15 is 0 Å². The van der Waals surface area contributed by atoms with Crippen molar-refractivity contribution in [3.63, 3.8) is 0 Å². The Labute approximate surface area is 264 Å². The number of thioether (sulfide) groups is 1. The zero-order valence-corrected chi connectivity index (χ0v) is 26.6. The Morgan fingerprint density at radius 1 is 0.727 bits per heavy atom. The highest BCUT2D eigenvalue weighted by Crippen LogP contribution is 2.35. The van der Waals surface area contributed by atoms with Gasteiger partial charge in [0.1, 0.15) is 43.1 Å². The van der Waals surface area contributed by atoms with E-state index in [-0.39, 0.29) is 25.6 Å². The average molecular weight is 645 g/mol. The molecule has 11 heteroatoms. The topological polar surface area (TPSA) is 107 Å². The zero-order chi connectivity index (χ0) is 31.2. The zero-order valence-electron chi connectivity index (χ0n) is 25.0. The van der Waals surface area contributed by atoms with Gasteiger partial charge in [-0.1, -0.05) is 97.9 Å². The molecule has 238 valence electrons. The molecular formula is C33H40O9S2. The van der Waals surface area contributed by atoms with Crippen LogP contribution in [0, 0.1) is 0 Å². The van der Waals surface area contributed by atoms with Crippen LogP contribution >= 0.6 is 11.8 Å². The minimum atomic E-state index is -3.29. The lowest BCUT2D eigenvalue weighted by molar-refractivity contribution is -0.252. The summed E-state index contributed by atoms with van der Waals surface area (Å²) in [4.78, 5) is 12.4. The first kappa shape index (κ1) is 34.0. The van der Waals surface area contributed by atoms with Gasteiger partial charge in [-0.25, -0.2) is 13.2 Å². The van der Waals surface area contributed by atoms with Crippen LogP contribution in [0.4, 0.5) is 4.79 Å². The Morgan fingerprint density at radius 3 is 1.68 bits per heavy atom. The molecule has 1 aliphatic heterocycles. The minimum Gasteiger partial charge on any atom is -0.433 e. The third-order valence-electron chi connectivity index (χ3n) is 6.82. The molecule has 0 aromatic heterocycles. The molecule has 0 N–H and O–H groups in total. The largest absolute Gasteiger partial charge is 0.508 e. The highest BCUT2D eigenvalue weighted by molar-refractivity contribution is 7.99. The summed E-state index contributed by atoms with van der Waals surface area (Å²) in [7, 11) is -3.29. The molecule has 1 saturated heterocycles. The lowest BCUT2D eigenvalue weighted by Gasteiger charge is -2.45. The number of carbonyl (C=O) groups is 1. The molecule has 0 amide bonds. The maximum atomic E-state index is 12.4. The molecule has 9 nitrogen and oxygen atoms in total. The van der Waals surface area contributed by atoms with Gasteiger partial charge in [0.2, 0.25) is 0 Å². The lowest BCUT2D eigenvalue weighted by atomic mass is 9.99. The van der Waals surface area contributed by atoms with Crippen LogP contribution in [-0.2, 0) is 58.1 Å². The van der Waals surface area contributed by atoms with Crippen molar-refractivity contribution in [2.75, 3.05) is 31.0 Å². The van der Waals surface area contributed by atoms with Crippen molar-refractivity contribution in [2.24, 2.45) is 0 Å². The van der Waals surface area contributed by atoms with E-state index in [0.29, 0.717) is 13.2 Å². The minimum absolute atomic E-state index is 0.186. The molecule has 0 radical (unpaired) electrons. The molecule has 0 unspecified atom stereocenters. The Bertz CT molecular complexity index is 1360. The van der Waals surface area contributed by atoms with Crippen molar-refractivity contribution in [3.05, 3.63) is 108 Å². The average Bonchev–Trinajstić information content (AvgIpc) is 3.02. The summed E-state index contributed by atoms with van der Waals surface area (Å²) in [5.74, 6) is 0.452. The van der Waals surface area contributed by atoms with Crippen LogP contribution in [-0.4, -0.2) is 75.4 Å². The van der Waals surface area contributed by atoms with Crippen molar-refractivity contribution in [3.8, 4) is 0 Å². The van der Waals surface area contributed by atoms with Crippen LogP contribution in [0.25, 0.3) is 0 Å². The maximum absolute atomic E-state index is 12.4. The number of ether oxygens (including phenoxy) is 6. The van der Waals surface area contributed by atoms with E-state index in [1.54, 1.807) is 11.8 Å². The lowest BCUT2D eigenvalue weighted by Crippen LogP contribution is -2.60. The number of hydrogen-bond acceptors (Lipinski definition) is 10. The van der Waals surface area contributed by atoms with Crippen LogP contribution in [0.15, 0.2) is 91.0 Å². The quantitative estimate of drug-likeness (QED) is 0.188. The van der Waals surface area contributed by atoms with Gasteiger partial charge in [0, 0.05) is 6.26 Å². The monoisotopic (exact) mass is 644 g/mol. The van der Waals surface area contributed by atoms with Gasteiger partial charge < -0.3 is 28.4 Å². The second-order valence-electron chi connectivity index (χ2n) is 10.3. The van der Waals surface area contributed by atoms with Crippen LogP contribution in [0.3, 0.4) is 0 Å². The number of carbonyl (C=O) groups excluding carboxylic acids is 1. The molecule has 1 aliphatic rings. The summed E-state index contributed by atoms with van der Waals surface area (Å²) in [5.41, 5.74) is 2.51. The van der Waals surface area contributed by atoms with Gasteiger partial charge in [-0.05, 0) is 22.4 Å². The van der Waals surface area contributed by atoms with Crippen molar-refractivity contribution < 1.29 is 41.6 Å². The normalized spacial score (nSPS) is 21.9. The summed E-state index contributed by atoms with van der Waals surface area (Å²) in [6, 6.07) is 29.5. The Hall–Kier alpha value is -2.93. The van der Waals surface area contributed by atoms with E-state index < -0.39 is 45.8 Å². The fourth-order valence-corrected chi connectivity index (χ4v) is 6.01. The second kappa shape index (κ2) is 17.5. The summed E-state index contributed by atoms with van der Waals surface area (Å²) >= 11 is 1.57. The maximum Gasteiger partial charge on any atom is 0.508 e. The fourth-order valence-electron chi connectivity index (χ4n) is 4.65. The van der Waals surface area contributed by atoms with Gasteiger partial charge in [-0.15, -0.1) is 11.8 Å². The van der Waals surface area contributed by atoms with Crippen LogP contribution in [0.2, 0.25) is 0 Å². The molecule has 0 saturated carbocycles. The van der Waals surface area contributed by atoms with E-state index in [0.717, 1.165) is 28.7 Å². The molecule has 0 bridgehead atoms. The van der Waals surface area contributed by atoms with E-state index in [1.807, 2.05) is 97.9 Å². The molecule has 0 aliphatic carbocycles. The van der Waals surface area contributed by atoms with Gasteiger partial charge >= 0.3 is 6.16 Å². The van der Waals surface area contributed by atoms with Crippen molar-refractivity contribution in [1.82, 2.24) is 0 Å². The van der Waals surface area contributed by atoms with Crippen LogP contribution < -0.4 is 0 Å². The summed E-state index contributed by atoms with van der Waals surface area (Å²) in [6.07, 6.45) is -2.41. The molecule has 4 rings (SSSR count). The first-order chi connectivity index (χ1) is 21.3. The molecule has 5 atom stereocenters. The number of rotatable bonds is 16. The first-order valence-corrected chi connectivity index (χ1v) is 17.6. The number of benzene rings is 3. The van der Waals surface area contributed by atoms with E-state index in [4.69, 9.17) is 28.4 Å². The van der Waals surface area contributed by atoms with Crippen molar-refractivity contribution >= 4 is 27.8 Å². The number of sulfone groups is 1. The molecule has 44 heavy (non-hydrogen) atoms. The standard InChI is InChI=1S/C33H40O9S2/c1-3-43-32-31(40-23-27-17-11-6-12-18-27)30(39-22-26-15-9-5-10-16-26)29(38-21-25-13-7-4-8-14-25)28(42-32)24-41-33(34)37-19-20-44(2,35)36/h4-18,28-32H,3,19-24H2,1-2H3/t28-,29-,30+,31-,32+/m1/s1. The molecular weight excluding hydrogens is 604 g/mol. The highest BCUT2D eigenvalue weighted by atomic mass is 32.2. The summed E-state index contributed by atoms with van der Waals surface area (Å²) < 4.78 is 59.4. The van der Waals surface area contributed by atoms with Crippen LogP contribution in [0.1, 0.15) is 23.6 Å². The van der Waals surface area contributed by atoms with Gasteiger partial charge in [-0.2, -0.15) is 0 Å². The van der Waals surface area contributed by atoms with E-state index in [2.05, 4.69) is 0 Å². The Morgan fingerprint density at radius 2 is 1.20 bits per heavy atom. The van der Waals surface area contributed by atoms with E-state index in [1.165, 1.54) is 0 Å². The predicted molar refractivity (Wildman–Crippen MR) is 169 cm³/mol. The molecule has 3 aromatic rings. The second-order valence-corrected chi connectivity index (χ2v) is 14.0. The molecule has 1 fully saturated rings. The molecule has 1 heterocycles. The van der Waals surface area contributed by atoms with Crippen molar-refractivity contribution in [1.29, 1.82) is 0 Å². The van der Waals surface area contributed by atoms with Crippen LogP contribution in [0.5, 0.6) is 0 Å². The Balaban J connectivity index is 1.58. The SMILES string of the molecule is CCS[C@@H]1O[C@H](COC(=O)OCCS(C)(=O)=O)[C@@H](OCc2ccccc2)[C@H](OCc2ccccc2)[C@H]1OCc1ccccc1. The highest BCUT2D eigenvalue weighted by Gasteiger charge is 2.49. The molecule has 3 aromatic carbocycles. The first-order valence-electron chi connectivity index (χ1n) is 14.5. The fraction of sp³-hybridized carbons (Fsp3) is 0.424. The van der Waals surface area contributed by atoms with E-state index in [9.17, 15) is 13.2 Å². The van der Waals surface area contributed by atoms with Gasteiger partial charge in [-0.3, -0.25) is 0 Å². The third-order valence-corrected chi connectivity index (χ3v) is 8.77. The van der Waals surface area contributed by atoms with Gasteiger partial charge in [0.25, 0.3) is 0 Å². The summed E-state index contributed by atoms with van der Waals surface area (Å²) in [5, 5.41) is 0.